The Morgan fingerprint density at radius 2 is 1.65 bits per heavy atom. The average molecular weight is 567 g/mol. The minimum Gasteiger partial charge on any atom is -0.507 e. The number of nitrogens with one attached hydrogen (secondary N) is 1. The van der Waals surface area contributed by atoms with Gasteiger partial charge in [0.2, 0.25) is 6.35 Å². The van der Waals surface area contributed by atoms with Gasteiger partial charge in [-0.3, -0.25) is 4.90 Å². The predicted octanol–water partition coefficient (Wildman–Crippen LogP) is 5.37. The van der Waals surface area contributed by atoms with Crippen LogP contribution in [0.1, 0.15) is 20.8 Å². The molecule has 0 spiro atoms. The number of nitrogens with zero attached hydrogens (tertiary/aromatic N) is 5. The van der Waals surface area contributed by atoms with Gasteiger partial charge in [-0.05, 0) is 56.7 Å². The van der Waals surface area contributed by atoms with E-state index in [1.165, 1.54) is 12.1 Å². The van der Waals surface area contributed by atoms with Crippen molar-refractivity contribution in [2.24, 2.45) is 0 Å². The predicted molar refractivity (Wildman–Crippen MR) is 160 cm³/mol. The highest BCUT2D eigenvalue weighted by Crippen LogP contribution is 2.43. The van der Waals surface area contributed by atoms with Crippen LogP contribution in [-0.4, -0.2) is 77.2 Å². The normalized spacial score (nSPS) is 18.1. The number of hydrogen-bond donors (Lipinski definition) is 3. The largest absolute Gasteiger partial charge is 0.507 e. The summed E-state index contributed by atoms with van der Waals surface area (Å²) in [5.41, 5.74) is 3.43. The number of benzene rings is 2. The van der Waals surface area contributed by atoms with Crippen molar-refractivity contribution < 1.29 is 14.6 Å². The zero-order chi connectivity index (χ0) is 28.8. The highest BCUT2D eigenvalue weighted by molar-refractivity contribution is 6.33. The molecule has 8 nitrogen and oxygen atoms in total. The summed E-state index contributed by atoms with van der Waals surface area (Å²) in [6.45, 7) is 10.2. The minimum atomic E-state index is -0.878. The van der Waals surface area contributed by atoms with E-state index in [9.17, 15) is 10.2 Å². The number of anilines is 3. The summed E-state index contributed by atoms with van der Waals surface area (Å²) in [5.74, 6) is 0.185. The Kier molecular flexibility index (Phi) is 7.56. The van der Waals surface area contributed by atoms with Gasteiger partial charge in [0, 0.05) is 81.1 Å². The molecule has 0 radical (unpaired) electrons. The second-order valence-electron chi connectivity index (χ2n) is 11.2. The molecule has 10 heteroatoms. The monoisotopic (exact) mass is 566 g/mol. The van der Waals surface area contributed by atoms with E-state index < -0.39 is 12.2 Å². The van der Waals surface area contributed by atoms with Crippen molar-refractivity contribution >= 4 is 28.8 Å². The van der Waals surface area contributed by atoms with Crippen molar-refractivity contribution in [2.45, 2.75) is 32.7 Å². The number of piperazine rings is 1. The molecule has 5 rings (SSSR count). The number of aliphatic hydroxyl groups is 1. The van der Waals surface area contributed by atoms with E-state index in [1.807, 2.05) is 13.1 Å². The molecule has 0 amide bonds. The van der Waals surface area contributed by atoms with Crippen LogP contribution in [-0.2, 0) is 0 Å². The van der Waals surface area contributed by atoms with Crippen LogP contribution in [0.5, 0.6) is 5.75 Å². The van der Waals surface area contributed by atoms with E-state index in [1.54, 1.807) is 53.6 Å². The van der Waals surface area contributed by atoms with Crippen LogP contribution in [0.2, 0.25) is 5.02 Å². The van der Waals surface area contributed by atoms with E-state index in [4.69, 9.17) is 11.6 Å². The second kappa shape index (κ2) is 10.8. The first-order valence-corrected chi connectivity index (χ1v) is 13.7. The zero-order valence-corrected chi connectivity index (χ0v) is 24.2. The summed E-state index contributed by atoms with van der Waals surface area (Å²) < 4.78 is 15.0. The molecule has 0 bridgehead atoms. The van der Waals surface area contributed by atoms with Gasteiger partial charge in [0.25, 0.3) is 0 Å². The van der Waals surface area contributed by atoms with Crippen LogP contribution in [0.4, 0.5) is 21.6 Å². The standard InChI is InChI=1S/C30H36ClFN6O2/c1-30(2,3)37-11-9-36(10-12-37)26-15-20(18-34-28(26)33-4)23-17-21(32)16-22(27(23)39)19-6-7-25(24(31)14-19)38-13-8-35(5)29(38)40/h6-8,13-18,29,39-40H,9-12H2,1-5H3,(H,33,34). The summed E-state index contributed by atoms with van der Waals surface area (Å²) in [6.07, 6.45) is 4.24. The highest BCUT2D eigenvalue weighted by Gasteiger charge is 2.28. The number of hydrogen-bond acceptors (Lipinski definition) is 8. The van der Waals surface area contributed by atoms with Gasteiger partial charge in [0.1, 0.15) is 17.4 Å². The van der Waals surface area contributed by atoms with Crippen molar-refractivity contribution in [3.63, 3.8) is 0 Å². The topological polar surface area (TPSA) is 78.3 Å². The number of aromatic nitrogens is 1. The molecule has 2 aliphatic rings. The van der Waals surface area contributed by atoms with Crippen molar-refractivity contribution in [1.82, 2.24) is 14.8 Å². The van der Waals surface area contributed by atoms with Gasteiger partial charge in [-0.25, -0.2) is 9.37 Å². The number of phenols is 1. The third-order valence-electron chi connectivity index (χ3n) is 7.67. The third-order valence-corrected chi connectivity index (χ3v) is 7.97. The molecular weight excluding hydrogens is 531 g/mol. The van der Waals surface area contributed by atoms with Gasteiger partial charge in [0.15, 0.2) is 0 Å². The number of aromatic hydroxyl groups is 1. The van der Waals surface area contributed by atoms with Crippen molar-refractivity contribution in [2.75, 3.05) is 55.4 Å². The molecule has 1 fully saturated rings. The first-order chi connectivity index (χ1) is 19.0. The fourth-order valence-corrected chi connectivity index (χ4v) is 5.59. The maximum absolute atomic E-state index is 15.0. The smallest absolute Gasteiger partial charge is 0.211 e. The van der Waals surface area contributed by atoms with E-state index in [0.717, 1.165) is 37.7 Å². The Morgan fingerprint density at radius 1 is 0.975 bits per heavy atom. The van der Waals surface area contributed by atoms with E-state index in [-0.39, 0.29) is 11.3 Å². The van der Waals surface area contributed by atoms with Crippen LogP contribution in [0.3, 0.4) is 0 Å². The van der Waals surface area contributed by atoms with Gasteiger partial charge in [-0.15, -0.1) is 0 Å². The van der Waals surface area contributed by atoms with Crippen LogP contribution in [0.15, 0.2) is 55.0 Å². The lowest BCUT2D eigenvalue weighted by Gasteiger charge is -2.43. The van der Waals surface area contributed by atoms with Crippen molar-refractivity contribution in [3.05, 3.63) is 65.8 Å². The van der Waals surface area contributed by atoms with E-state index in [2.05, 4.69) is 40.9 Å². The molecule has 40 heavy (non-hydrogen) atoms. The molecule has 1 atom stereocenters. The Morgan fingerprint density at radius 3 is 2.23 bits per heavy atom. The summed E-state index contributed by atoms with van der Waals surface area (Å²) in [5, 5.41) is 25.3. The summed E-state index contributed by atoms with van der Waals surface area (Å²) in [6, 6.07) is 9.74. The molecule has 3 heterocycles. The van der Waals surface area contributed by atoms with Crippen LogP contribution in [0.25, 0.3) is 22.3 Å². The number of rotatable bonds is 5. The van der Waals surface area contributed by atoms with E-state index in [0.29, 0.717) is 33.0 Å². The summed E-state index contributed by atoms with van der Waals surface area (Å²) in [7, 11) is 3.59. The number of halogens is 2. The van der Waals surface area contributed by atoms with Gasteiger partial charge in [-0.2, -0.15) is 0 Å². The maximum atomic E-state index is 15.0. The van der Waals surface area contributed by atoms with Crippen molar-refractivity contribution in [3.8, 4) is 28.0 Å². The number of aliphatic hydroxyl groups excluding tert-OH is 1. The summed E-state index contributed by atoms with van der Waals surface area (Å²) in [4.78, 5) is 12.6. The lowest BCUT2D eigenvalue weighted by molar-refractivity contribution is 0.0729. The first-order valence-electron chi connectivity index (χ1n) is 13.3. The lowest BCUT2D eigenvalue weighted by Crippen LogP contribution is -2.53. The Labute approximate surface area is 239 Å². The molecular formula is C30H36ClFN6O2. The van der Waals surface area contributed by atoms with Crippen LogP contribution < -0.4 is 15.1 Å². The Hall–Kier alpha value is -3.53. The highest BCUT2D eigenvalue weighted by atomic mass is 35.5. The van der Waals surface area contributed by atoms with Gasteiger partial charge in [-0.1, -0.05) is 17.7 Å². The molecule has 2 aliphatic heterocycles. The quantitative estimate of drug-likeness (QED) is 0.380. The molecule has 212 valence electrons. The first kappa shape index (κ1) is 28.0. The molecule has 3 aromatic rings. The minimum absolute atomic E-state index is 0.0615. The lowest BCUT2D eigenvalue weighted by atomic mass is 9.97. The Balaban J connectivity index is 1.48. The van der Waals surface area contributed by atoms with E-state index >= 15 is 4.39 Å². The molecule has 1 unspecified atom stereocenters. The molecule has 0 aliphatic carbocycles. The van der Waals surface area contributed by atoms with Gasteiger partial charge in [0.05, 0.1) is 16.4 Å². The zero-order valence-electron chi connectivity index (χ0n) is 23.5. The van der Waals surface area contributed by atoms with Crippen LogP contribution >= 0.6 is 11.6 Å². The third kappa shape index (κ3) is 5.29. The SMILES string of the molecule is CNc1ncc(-c2cc(F)cc(-c3ccc(N4C=CN(C)C4O)c(Cl)c3)c2O)cc1N1CCN(C(C)(C)C)CC1. The molecule has 3 N–H and O–H groups in total. The number of pyridine rings is 1. The fraction of sp³-hybridized carbons (Fsp3) is 0.367. The molecule has 1 saturated heterocycles. The van der Waals surface area contributed by atoms with Crippen molar-refractivity contribution in [1.29, 1.82) is 0 Å². The molecule has 0 saturated carbocycles. The summed E-state index contributed by atoms with van der Waals surface area (Å²) >= 11 is 6.59. The average Bonchev–Trinajstić information content (AvgIpc) is 3.26. The molecule has 2 aromatic carbocycles. The van der Waals surface area contributed by atoms with Gasteiger partial charge >= 0.3 is 0 Å². The van der Waals surface area contributed by atoms with Crippen LogP contribution in [0, 0.1) is 5.82 Å². The second-order valence-corrected chi connectivity index (χ2v) is 11.6. The van der Waals surface area contributed by atoms with Gasteiger partial charge < -0.3 is 30.2 Å². The maximum Gasteiger partial charge on any atom is 0.211 e. The number of phenolic OH excluding ortho intramolecular Hbond substituents is 1. The Bertz CT molecular complexity index is 1430. The molecule has 1 aromatic heterocycles. The fourth-order valence-electron chi connectivity index (χ4n) is 5.31.